The Kier molecular flexibility index (Phi) is 3.17. The molecule has 0 saturated carbocycles. The molecular weight excluding hydrogens is 250 g/mol. The number of benzene rings is 2. The second kappa shape index (κ2) is 5.13. The fourth-order valence-corrected chi connectivity index (χ4v) is 2.03. The lowest BCUT2D eigenvalue weighted by Crippen LogP contribution is -2.09. The van der Waals surface area contributed by atoms with Gasteiger partial charge in [0.05, 0.1) is 5.56 Å². The van der Waals surface area contributed by atoms with E-state index in [0.717, 1.165) is 16.5 Å². The van der Waals surface area contributed by atoms with Gasteiger partial charge in [0.2, 0.25) is 0 Å². The van der Waals surface area contributed by atoms with E-state index < -0.39 is 5.97 Å². The van der Waals surface area contributed by atoms with Crippen molar-refractivity contribution in [2.75, 3.05) is 0 Å². The molecule has 3 nitrogen and oxygen atoms in total. The van der Waals surface area contributed by atoms with E-state index in [1.807, 2.05) is 43.3 Å². The SMILES string of the molecule is Cc1ccc(C(=O)Oc2cccc3ccccc23)cn1. The van der Waals surface area contributed by atoms with E-state index in [-0.39, 0.29) is 0 Å². The molecule has 98 valence electrons. The standard InChI is InChI=1S/C17H13NO2/c1-12-9-10-14(11-18-12)17(19)20-16-8-4-6-13-5-2-3-7-15(13)16/h2-11H,1H3. The zero-order chi connectivity index (χ0) is 13.9. The number of fused-ring (bicyclic) bond motifs is 1. The maximum absolute atomic E-state index is 12.1. The highest BCUT2D eigenvalue weighted by atomic mass is 16.5. The molecule has 0 aliphatic heterocycles. The summed E-state index contributed by atoms with van der Waals surface area (Å²) in [6.45, 7) is 1.87. The molecular formula is C17H13NO2. The normalized spacial score (nSPS) is 10.4. The van der Waals surface area contributed by atoms with Crippen molar-refractivity contribution in [2.24, 2.45) is 0 Å². The van der Waals surface area contributed by atoms with Crippen molar-refractivity contribution in [3.05, 3.63) is 72.1 Å². The highest BCUT2D eigenvalue weighted by molar-refractivity contribution is 5.95. The van der Waals surface area contributed by atoms with Crippen molar-refractivity contribution in [1.29, 1.82) is 0 Å². The lowest BCUT2D eigenvalue weighted by Gasteiger charge is -2.07. The Bertz CT molecular complexity index is 758. The van der Waals surface area contributed by atoms with Gasteiger partial charge in [-0.05, 0) is 30.5 Å². The highest BCUT2D eigenvalue weighted by Crippen LogP contribution is 2.25. The number of carbonyl (C=O) groups excluding carboxylic acids is 1. The summed E-state index contributed by atoms with van der Waals surface area (Å²) in [5, 5.41) is 1.96. The molecule has 0 fully saturated rings. The predicted molar refractivity (Wildman–Crippen MR) is 77.9 cm³/mol. The van der Waals surface area contributed by atoms with Gasteiger partial charge < -0.3 is 4.74 Å². The second-order valence-electron chi connectivity index (χ2n) is 4.56. The summed E-state index contributed by atoms with van der Waals surface area (Å²) in [5.41, 5.74) is 1.32. The van der Waals surface area contributed by atoms with Crippen LogP contribution in [0, 0.1) is 6.92 Å². The smallest absolute Gasteiger partial charge is 0.345 e. The summed E-state index contributed by atoms with van der Waals surface area (Å²) < 4.78 is 5.47. The molecule has 3 rings (SSSR count). The van der Waals surface area contributed by atoms with Crippen LogP contribution in [0.3, 0.4) is 0 Å². The van der Waals surface area contributed by atoms with E-state index in [1.165, 1.54) is 6.20 Å². The quantitative estimate of drug-likeness (QED) is 0.522. The van der Waals surface area contributed by atoms with Crippen LogP contribution in [0.2, 0.25) is 0 Å². The highest BCUT2D eigenvalue weighted by Gasteiger charge is 2.10. The Labute approximate surface area is 116 Å². The fraction of sp³-hybridized carbons (Fsp3) is 0.0588. The molecule has 0 amide bonds. The van der Waals surface area contributed by atoms with Crippen molar-refractivity contribution < 1.29 is 9.53 Å². The largest absolute Gasteiger partial charge is 0.422 e. The monoisotopic (exact) mass is 263 g/mol. The molecule has 0 N–H and O–H groups in total. The Balaban J connectivity index is 1.93. The molecule has 1 aromatic heterocycles. The second-order valence-corrected chi connectivity index (χ2v) is 4.56. The van der Waals surface area contributed by atoms with Gasteiger partial charge in [-0.3, -0.25) is 4.98 Å². The van der Waals surface area contributed by atoms with E-state index in [1.54, 1.807) is 18.2 Å². The number of aryl methyl sites for hydroxylation is 1. The number of esters is 1. The van der Waals surface area contributed by atoms with Crippen molar-refractivity contribution in [3.63, 3.8) is 0 Å². The van der Waals surface area contributed by atoms with Gasteiger partial charge in [0.25, 0.3) is 0 Å². The molecule has 0 spiro atoms. The number of carbonyl (C=O) groups is 1. The van der Waals surface area contributed by atoms with Gasteiger partial charge in [-0.2, -0.15) is 0 Å². The van der Waals surface area contributed by atoms with Crippen molar-refractivity contribution in [2.45, 2.75) is 6.92 Å². The summed E-state index contributed by atoms with van der Waals surface area (Å²) in [6.07, 6.45) is 1.53. The predicted octanol–water partition coefficient (Wildman–Crippen LogP) is 3.76. The number of pyridine rings is 1. The third-order valence-electron chi connectivity index (χ3n) is 3.10. The fourth-order valence-electron chi connectivity index (χ4n) is 2.03. The molecule has 1 heterocycles. The molecule has 0 unspecified atom stereocenters. The maximum Gasteiger partial charge on any atom is 0.345 e. The average Bonchev–Trinajstić information content (AvgIpc) is 2.48. The van der Waals surface area contributed by atoms with Crippen LogP contribution in [0.25, 0.3) is 10.8 Å². The molecule has 3 aromatic rings. The minimum absolute atomic E-state index is 0.395. The van der Waals surface area contributed by atoms with Crippen molar-refractivity contribution in [1.82, 2.24) is 4.98 Å². The van der Waals surface area contributed by atoms with E-state index in [9.17, 15) is 4.79 Å². The van der Waals surface area contributed by atoms with Crippen LogP contribution in [-0.4, -0.2) is 11.0 Å². The third kappa shape index (κ3) is 2.38. The maximum atomic E-state index is 12.1. The topological polar surface area (TPSA) is 39.2 Å². The van der Waals surface area contributed by atoms with Crippen LogP contribution in [0.5, 0.6) is 5.75 Å². The molecule has 2 aromatic carbocycles. The van der Waals surface area contributed by atoms with Crippen LogP contribution in [0.15, 0.2) is 60.8 Å². The lowest BCUT2D eigenvalue weighted by molar-refractivity contribution is 0.0736. The summed E-state index contributed by atoms with van der Waals surface area (Å²) in [5.74, 6) is 0.169. The zero-order valence-corrected chi connectivity index (χ0v) is 11.0. The first-order valence-corrected chi connectivity index (χ1v) is 6.36. The molecule has 0 saturated heterocycles. The van der Waals surface area contributed by atoms with Crippen LogP contribution in [0.4, 0.5) is 0 Å². The lowest BCUT2D eigenvalue weighted by atomic mass is 10.1. The minimum Gasteiger partial charge on any atom is -0.422 e. The van der Waals surface area contributed by atoms with Gasteiger partial charge in [-0.25, -0.2) is 4.79 Å². The molecule has 20 heavy (non-hydrogen) atoms. The Morgan fingerprint density at radius 2 is 1.80 bits per heavy atom. The number of hydrogen-bond donors (Lipinski definition) is 0. The Hall–Kier alpha value is -2.68. The zero-order valence-electron chi connectivity index (χ0n) is 11.0. The molecule has 0 aliphatic carbocycles. The van der Waals surface area contributed by atoms with Crippen LogP contribution < -0.4 is 4.74 Å². The molecule has 0 radical (unpaired) electrons. The number of hydrogen-bond acceptors (Lipinski definition) is 3. The number of rotatable bonds is 2. The van der Waals surface area contributed by atoms with Gasteiger partial charge in [0, 0.05) is 17.3 Å². The molecule has 0 atom stereocenters. The van der Waals surface area contributed by atoms with Gasteiger partial charge in [-0.1, -0.05) is 36.4 Å². The summed E-state index contributed by atoms with van der Waals surface area (Å²) >= 11 is 0. The molecule has 0 bridgehead atoms. The van der Waals surface area contributed by atoms with Crippen LogP contribution in [-0.2, 0) is 0 Å². The van der Waals surface area contributed by atoms with Gasteiger partial charge in [-0.15, -0.1) is 0 Å². The number of nitrogens with zero attached hydrogens (tertiary/aromatic N) is 1. The van der Waals surface area contributed by atoms with Crippen molar-refractivity contribution >= 4 is 16.7 Å². The van der Waals surface area contributed by atoms with E-state index in [4.69, 9.17) is 4.74 Å². The van der Waals surface area contributed by atoms with Crippen LogP contribution >= 0.6 is 0 Å². The van der Waals surface area contributed by atoms with Gasteiger partial charge in [0.1, 0.15) is 5.75 Å². The number of aromatic nitrogens is 1. The molecule has 0 aliphatic rings. The van der Waals surface area contributed by atoms with Gasteiger partial charge >= 0.3 is 5.97 Å². The summed E-state index contributed by atoms with van der Waals surface area (Å²) in [7, 11) is 0. The Morgan fingerprint density at radius 3 is 2.60 bits per heavy atom. The number of ether oxygens (including phenoxy) is 1. The van der Waals surface area contributed by atoms with Crippen LogP contribution in [0.1, 0.15) is 16.1 Å². The minimum atomic E-state index is -0.395. The van der Waals surface area contributed by atoms with E-state index in [2.05, 4.69) is 4.98 Å². The average molecular weight is 263 g/mol. The van der Waals surface area contributed by atoms with Gasteiger partial charge in [0.15, 0.2) is 0 Å². The first-order chi connectivity index (χ1) is 9.74. The van der Waals surface area contributed by atoms with Crippen molar-refractivity contribution in [3.8, 4) is 5.75 Å². The Morgan fingerprint density at radius 1 is 1.00 bits per heavy atom. The third-order valence-corrected chi connectivity index (χ3v) is 3.10. The molecule has 3 heteroatoms. The first-order valence-electron chi connectivity index (χ1n) is 6.36. The first kappa shape index (κ1) is 12.4. The summed E-state index contributed by atoms with van der Waals surface area (Å²) in [6, 6.07) is 17.0. The van der Waals surface area contributed by atoms with E-state index in [0.29, 0.717) is 11.3 Å². The summed E-state index contributed by atoms with van der Waals surface area (Å²) in [4.78, 5) is 16.2. The van der Waals surface area contributed by atoms with E-state index >= 15 is 0 Å².